The number of hydrogen-bond acceptors (Lipinski definition) is 5. The average Bonchev–Trinajstić information content (AvgIpc) is 3.19. The molecule has 0 saturated carbocycles. The summed E-state index contributed by atoms with van der Waals surface area (Å²) in [5, 5.41) is 5.87. The van der Waals surface area contributed by atoms with E-state index >= 15 is 0 Å². The first-order valence-corrected chi connectivity index (χ1v) is 7.91. The molecule has 0 saturated heterocycles. The van der Waals surface area contributed by atoms with Crippen molar-refractivity contribution in [2.24, 2.45) is 0 Å². The zero-order chi connectivity index (χ0) is 16.2. The van der Waals surface area contributed by atoms with Crippen LogP contribution in [0.4, 0.5) is 0 Å². The van der Waals surface area contributed by atoms with E-state index in [2.05, 4.69) is 5.10 Å². The van der Waals surface area contributed by atoms with E-state index in [9.17, 15) is 9.59 Å². The van der Waals surface area contributed by atoms with Crippen LogP contribution >= 0.6 is 11.3 Å². The van der Waals surface area contributed by atoms with Gasteiger partial charge in [0.1, 0.15) is 13.2 Å². The van der Waals surface area contributed by atoms with Gasteiger partial charge in [0.2, 0.25) is 0 Å². The maximum Gasteiger partial charge on any atom is 0.326 e. The predicted octanol–water partition coefficient (Wildman–Crippen LogP) is 2.15. The molecule has 0 amide bonds. The summed E-state index contributed by atoms with van der Waals surface area (Å²) in [5.41, 5.74) is 2.58. The number of carbonyl (C=O) groups excluding carboxylic acids is 1. The smallest absolute Gasteiger partial charge is 0.326 e. The first-order chi connectivity index (χ1) is 11.1. The van der Waals surface area contributed by atoms with Gasteiger partial charge in [0, 0.05) is 23.5 Å². The lowest BCUT2D eigenvalue weighted by Gasteiger charge is -2.07. The Morgan fingerprint density at radius 2 is 2.09 bits per heavy atom. The molecule has 1 aromatic carbocycles. The summed E-state index contributed by atoms with van der Waals surface area (Å²) in [5.74, 6) is -0.426. The minimum atomic E-state index is -0.426. The van der Waals surface area contributed by atoms with Gasteiger partial charge >= 0.3 is 10.8 Å². The molecule has 0 atom stereocenters. The zero-order valence-corrected chi connectivity index (χ0v) is 13.3. The summed E-state index contributed by atoms with van der Waals surface area (Å²) < 4.78 is 8.39. The van der Waals surface area contributed by atoms with E-state index in [1.165, 1.54) is 4.57 Å². The van der Waals surface area contributed by atoms with Gasteiger partial charge in [0.05, 0.1) is 5.69 Å². The second-order valence-corrected chi connectivity index (χ2v) is 5.83. The second-order valence-electron chi connectivity index (χ2n) is 5.01. The summed E-state index contributed by atoms with van der Waals surface area (Å²) in [6.07, 6.45) is 3.57. The summed E-state index contributed by atoms with van der Waals surface area (Å²) in [7, 11) is 0. The van der Waals surface area contributed by atoms with Crippen molar-refractivity contribution in [1.29, 1.82) is 0 Å². The molecule has 0 radical (unpaired) electrons. The van der Waals surface area contributed by atoms with Crippen LogP contribution in [0.2, 0.25) is 0 Å². The molecule has 0 unspecified atom stereocenters. The molecule has 0 spiro atoms. The van der Waals surface area contributed by atoms with Gasteiger partial charge in [-0.05, 0) is 30.7 Å². The van der Waals surface area contributed by atoms with E-state index in [1.54, 1.807) is 23.2 Å². The minimum absolute atomic E-state index is 0.0560. The van der Waals surface area contributed by atoms with Gasteiger partial charge < -0.3 is 4.74 Å². The normalized spacial score (nSPS) is 10.7. The first kappa shape index (κ1) is 15.2. The molecule has 23 heavy (non-hydrogen) atoms. The molecule has 0 bridgehead atoms. The van der Waals surface area contributed by atoms with Crippen LogP contribution < -0.4 is 4.87 Å². The van der Waals surface area contributed by atoms with E-state index in [0.29, 0.717) is 0 Å². The Balaban J connectivity index is 1.58. The van der Waals surface area contributed by atoms with Gasteiger partial charge in [0.25, 0.3) is 0 Å². The van der Waals surface area contributed by atoms with Crippen LogP contribution in [0.5, 0.6) is 0 Å². The van der Waals surface area contributed by atoms with Crippen LogP contribution in [0.3, 0.4) is 0 Å². The van der Waals surface area contributed by atoms with Crippen LogP contribution in [0.15, 0.2) is 52.9 Å². The molecule has 3 aromatic rings. The Kier molecular flexibility index (Phi) is 4.38. The zero-order valence-electron chi connectivity index (χ0n) is 12.5. The number of ether oxygens (including phenoxy) is 1. The number of benzene rings is 1. The van der Waals surface area contributed by atoms with Crippen LogP contribution in [-0.2, 0) is 22.7 Å². The standard InChI is InChI=1S/C16H15N3O3S/c1-12-11-23-16(21)18(12)9-15(20)22-10-13-3-5-14(6-4-13)19-8-2-7-17-19/h2-8,11H,9-10H2,1H3. The lowest BCUT2D eigenvalue weighted by atomic mass is 10.2. The highest BCUT2D eigenvalue weighted by molar-refractivity contribution is 7.07. The van der Waals surface area contributed by atoms with Crippen molar-refractivity contribution in [3.63, 3.8) is 0 Å². The molecule has 0 aliphatic carbocycles. The monoisotopic (exact) mass is 329 g/mol. The lowest BCUT2D eigenvalue weighted by Crippen LogP contribution is -2.22. The van der Waals surface area contributed by atoms with Crippen molar-refractivity contribution >= 4 is 17.3 Å². The lowest BCUT2D eigenvalue weighted by molar-refractivity contribution is -0.145. The second kappa shape index (κ2) is 6.62. The summed E-state index contributed by atoms with van der Waals surface area (Å²) in [4.78, 5) is 23.3. The third kappa shape index (κ3) is 3.57. The number of carbonyl (C=O) groups is 1. The highest BCUT2D eigenvalue weighted by atomic mass is 32.1. The summed E-state index contributed by atoms with van der Waals surface area (Å²) in [6.45, 7) is 1.91. The molecule has 3 rings (SSSR count). The van der Waals surface area contributed by atoms with Crippen molar-refractivity contribution in [3.05, 3.63) is 69.0 Å². The van der Waals surface area contributed by atoms with Crippen LogP contribution in [-0.4, -0.2) is 20.3 Å². The van der Waals surface area contributed by atoms with Crippen molar-refractivity contribution in [1.82, 2.24) is 14.3 Å². The van der Waals surface area contributed by atoms with Gasteiger partial charge in [-0.2, -0.15) is 5.10 Å². The fraction of sp³-hybridized carbons (Fsp3) is 0.188. The fourth-order valence-corrected chi connectivity index (χ4v) is 2.84. The van der Waals surface area contributed by atoms with Crippen LogP contribution in [0, 0.1) is 6.92 Å². The number of rotatable bonds is 5. The van der Waals surface area contributed by atoms with E-state index in [1.807, 2.05) is 36.5 Å². The topological polar surface area (TPSA) is 66.1 Å². The third-order valence-corrected chi connectivity index (χ3v) is 4.25. The first-order valence-electron chi connectivity index (χ1n) is 7.03. The van der Waals surface area contributed by atoms with Gasteiger partial charge in [0.15, 0.2) is 0 Å². The van der Waals surface area contributed by atoms with Gasteiger partial charge in [-0.1, -0.05) is 23.5 Å². The Morgan fingerprint density at radius 1 is 1.30 bits per heavy atom. The van der Waals surface area contributed by atoms with Crippen LogP contribution in [0.25, 0.3) is 5.69 Å². The maximum atomic E-state index is 11.9. The molecule has 2 aromatic heterocycles. The third-order valence-electron chi connectivity index (χ3n) is 3.37. The van der Waals surface area contributed by atoms with Gasteiger partial charge in [-0.15, -0.1) is 0 Å². The molecule has 118 valence electrons. The highest BCUT2D eigenvalue weighted by Gasteiger charge is 2.09. The molecule has 0 N–H and O–H groups in total. The van der Waals surface area contributed by atoms with Crippen molar-refractivity contribution in [2.45, 2.75) is 20.1 Å². The Morgan fingerprint density at radius 3 is 2.70 bits per heavy atom. The SMILES string of the molecule is Cc1csc(=O)n1CC(=O)OCc1ccc(-n2cccn2)cc1. The maximum absolute atomic E-state index is 11.9. The summed E-state index contributed by atoms with van der Waals surface area (Å²) >= 11 is 1.08. The van der Waals surface area contributed by atoms with Gasteiger partial charge in [-0.3, -0.25) is 14.2 Å². The van der Waals surface area contributed by atoms with E-state index < -0.39 is 5.97 Å². The highest BCUT2D eigenvalue weighted by Crippen LogP contribution is 2.10. The average molecular weight is 329 g/mol. The van der Waals surface area contributed by atoms with E-state index in [-0.39, 0.29) is 18.0 Å². The molecule has 0 aliphatic heterocycles. The molecule has 0 aliphatic rings. The fourth-order valence-electron chi connectivity index (χ4n) is 2.10. The predicted molar refractivity (Wildman–Crippen MR) is 86.7 cm³/mol. The molecule has 7 heteroatoms. The number of nitrogens with zero attached hydrogens (tertiary/aromatic N) is 3. The molecular formula is C16H15N3O3S. The molecule has 0 fully saturated rings. The Bertz CT molecular complexity index is 848. The van der Waals surface area contributed by atoms with Gasteiger partial charge in [-0.25, -0.2) is 4.68 Å². The number of aryl methyl sites for hydroxylation is 1. The Hall–Kier alpha value is -2.67. The van der Waals surface area contributed by atoms with Crippen molar-refractivity contribution < 1.29 is 9.53 Å². The number of hydrogen-bond donors (Lipinski definition) is 0. The minimum Gasteiger partial charge on any atom is -0.459 e. The number of esters is 1. The number of aromatic nitrogens is 3. The van der Waals surface area contributed by atoms with Crippen molar-refractivity contribution in [2.75, 3.05) is 0 Å². The Labute approximate surface area is 136 Å². The summed E-state index contributed by atoms with van der Waals surface area (Å²) in [6, 6.07) is 9.43. The van der Waals surface area contributed by atoms with E-state index in [4.69, 9.17) is 4.74 Å². The van der Waals surface area contributed by atoms with E-state index in [0.717, 1.165) is 28.3 Å². The molecular weight excluding hydrogens is 314 g/mol. The molecule has 2 heterocycles. The number of thiazole rings is 1. The van der Waals surface area contributed by atoms with Crippen molar-refractivity contribution in [3.8, 4) is 5.69 Å². The van der Waals surface area contributed by atoms with Crippen LogP contribution in [0.1, 0.15) is 11.3 Å². The largest absolute Gasteiger partial charge is 0.459 e. The molecule has 6 nitrogen and oxygen atoms in total. The quantitative estimate of drug-likeness (QED) is 0.673.